The van der Waals surface area contributed by atoms with Gasteiger partial charge in [0.2, 0.25) is 0 Å². The van der Waals surface area contributed by atoms with E-state index in [4.69, 9.17) is 7.58 Å². The fourth-order valence-corrected chi connectivity index (χ4v) is 5.52. The minimum absolute atomic E-state index is 0. The Balaban J connectivity index is 0.00000392. The van der Waals surface area contributed by atoms with Gasteiger partial charge in [-0.2, -0.15) is 0 Å². The van der Waals surface area contributed by atoms with E-state index in [-0.39, 0.29) is 23.2 Å². The monoisotopic (exact) mass is 461 g/mol. The van der Waals surface area contributed by atoms with Gasteiger partial charge in [-0.15, -0.1) is 12.4 Å². The number of halogens is 1. The first-order valence-electron chi connectivity index (χ1n) is 9.42. The summed E-state index contributed by atoms with van der Waals surface area (Å²) < 4.78 is 12.7. The van der Waals surface area contributed by atoms with Crippen molar-refractivity contribution < 1.29 is 21.9 Å². The van der Waals surface area contributed by atoms with E-state index < -0.39 is 14.4 Å². The minimum atomic E-state index is -1.66. The van der Waals surface area contributed by atoms with Crippen LogP contribution < -0.4 is 7.58 Å². The molecule has 0 aliphatic heterocycles. The molecule has 0 fully saturated rings. The molecule has 0 saturated carbocycles. The summed E-state index contributed by atoms with van der Waals surface area (Å²) in [4.78, 5) is 0. The van der Waals surface area contributed by atoms with E-state index in [1.165, 1.54) is 22.3 Å². The third kappa shape index (κ3) is 6.67. The summed E-state index contributed by atoms with van der Waals surface area (Å²) in [6, 6.07) is 13.0. The zero-order valence-electron chi connectivity index (χ0n) is 18.6. The molecule has 0 heterocycles. The Kier molecular flexibility index (Phi) is 8.92. The average molecular weight is 462 g/mol. The molecule has 0 amide bonds. The summed E-state index contributed by atoms with van der Waals surface area (Å²) in [6.07, 6.45) is 0. The number of hydrogen-bond acceptors (Lipinski definition) is 2. The molecule has 0 spiro atoms. The third-order valence-corrected chi connectivity index (χ3v) is 8.20. The van der Waals surface area contributed by atoms with Gasteiger partial charge in [0.15, 0.2) is 0 Å². The van der Waals surface area contributed by atoms with Gasteiger partial charge in [0.1, 0.15) is 0 Å². The first-order chi connectivity index (χ1) is 12.4. The van der Waals surface area contributed by atoms with Gasteiger partial charge in [-0.25, -0.2) is 0 Å². The largest absolute Gasteiger partial charge is 0.147 e. The fraction of sp³-hybridized carbons (Fsp3) is 0.478. The Morgan fingerprint density at radius 3 is 1.32 bits per heavy atom. The van der Waals surface area contributed by atoms with Gasteiger partial charge in [-0.1, -0.05) is 0 Å². The SMILES string of the molecule is C[PH][Cr]([O]c1ccc(C(C)(C)C)cc1C)[O]c1ccc(C(C)(C)C)cc1C.Cl. The first-order valence-corrected chi connectivity index (χ1v) is 13.8. The summed E-state index contributed by atoms with van der Waals surface area (Å²) >= 11 is -1.66. The predicted molar refractivity (Wildman–Crippen MR) is 123 cm³/mol. The van der Waals surface area contributed by atoms with Crippen LogP contribution in [0, 0.1) is 13.8 Å². The van der Waals surface area contributed by atoms with Gasteiger partial charge in [-0.05, 0) is 0 Å². The number of aryl methyl sites for hydroxylation is 2. The van der Waals surface area contributed by atoms with Crippen LogP contribution in [0.25, 0.3) is 0 Å². The van der Waals surface area contributed by atoms with Crippen LogP contribution in [0.3, 0.4) is 0 Å². The molecule has 28 heavy (non-hydrogen) atoms. The van der Waals surface area contributed by atoms with E-state index in [1.807, 2.05) is 0 Å². The van der Waals surface area contributed by atoms with Crippen molar-refractivity contribution in [1.29, 1.82) is 0 Å². The normalized spacial score (nSPS) is 12.4. The van der Waals surface area contributed by atoms with Gasteiger partial charge in [0.05, 0.1) is 0 Å². The van der Waals surface area contributed by atoms with Gasteiger partial charge < -0.3 is 0 Å². The van der Waals surface area contributed by atoms with Crippen LogP contribution in [0.1, 0.15) is 63.8 Å². The van der Waals surface area contributed by atoms with Gasteiger partial charge in [0.25, 0.3) is 0 Å². The van der Waals surface area contributed by atoms with Crippen molar-refractivity contribution in [1.82, 2.24) is 0 Å². The van der Waals surface area contributed by atoms with Gasteiger partial charge >= 0.3 is 172 Å². The van der Waals surface area contributed by atoms with Crippen molar-refractivity contribution in [2.45, 2.75) is 66.2 Å². The van der Waals surface area contributed by atoms with E-state index in [0.29, 0.717) is 7.23 Å². The summed E-state index contributed by atoms with van der Waals surface area (Å²) in [5.41, 5.74) is 5.31. The van der Waals surface area contributed by atoms with Crippen molar-refractivity contribution >= 4 is 19.6 Å². The molecular formula is C23H35ClCrO2P. The summed E-state index contributed by atoms with van der Waals surface area (Å²) in [5, 5.41) is 0. The zero-order chi connectivity index (χ0) is 20.4. The minimum Gasteiger partial charge on any atom is -0.147 e. The van der Waals surface area contributed by atoms with Crippen LogP contribution in [-0.2, 0) is 25.2 Å². The fourth-order valence-electron chi connectivity index (χ4n) is 2.68. The molecule has 1 unspecified atom stereocenters. The Labute approximate surface area is 184 Å². The van der Waals surface area contributed by atoms with E-state index in [0.717, 1.165) is 11.5 Å². The molecule has 2 aromatic rings. The molecule has 0 radical (unpaired) electrons. The predicted octanol–water partition coefficient (Wildman–Crippen LogP) is 7.45. The van der Waals surface area contributed by atoms with Gasteiger partial charge in [-0.3, -0.25) is 0 Å². The maximum atomic E-state index is 6.33. The second kappa shape index (κ2) is 9.86. The van der Waals surface area contributed by atoms with Crippen molar-refractivity contribution in [2.24, 2.45) is 0 Å². The first kappa shape index (κ1) is 25.3. The van der Waals surface area contributed by atoms with Crippen LogP contribution in [0.15, 0.2) is 36.4 Å². The summed E-state index contributed by atoms with van der Waals surface area (Å²) in [6.45, 7) is 19.8. The van der Waals surface area contributed by atoms with E-state index >= 15 is 0 Å². The van der Waals surface area contributed by atoms with E-state index in [2.05, 4.69) is 98.5 Å². The standard InChI is InChI=1S/2C11H16O.CH4P.ClH.Cr/c2*1-8-7-9(11(2,3)4)5-6-10(8)12;1-2;;/h2*5-7,12H,1-4H3;2H,1H3;1H;/q;;-1;;+3/p-2. The number of rotatable bonds is 5. The second-order valence-electron chi connectivity index (χ2n) is 9.07. The smallest absolute Gasteiger partial charge is 0.147 e. The van der Waals surface area contributed by atoms with Crippen molar-refractivity contribution in [3.8, 4) is 11.5 Å². The third-order valence-electron chi connectivity index (χ3n) is 4.58. The Morgan fingerprint density at radius 2 is 1.07 bits per heavy atom. The molecule has 0 saturated heterocycles. The molecule has 0 N–H and O–H groups in total. The maximum Gasteiger partial charge on any atom is -0.147 e. The van der Waals surface area contributed by atoms with Crippen LogP contribution in [0.5, 0.6) is 11.5 Å². The maximum absolute atomic E-state index is 6.33. The van der Waals surface area contributed by atoms with Crippen LogP contribution in [0.4, 0.5) is 0 Å². The van der Waals surface area contributed by atoms with Crippen LogP contribution in [-0.4, -0.2) is 6.66 Å². The molecule has 1 atom stereocenters. The topological polar surface area (TPSA) is 18.5 Å². The molecule has 0 aliphatic carbocycles. The average Bonchev–Trinajstić information content (AvgIpc) is 2.55. The van der Waals surface area contributed by atoms with Crippen molar-refractivity contribution in [3.05, 3.63) is 58.7 Å². The molecule has 0 bridgehead atoms. The molecule has 2 nitrogen and oxygen atoms in total. The number of hydrogen-bond donors (Lipinski definition) is 0. The number of benzene rings is 2. The Hall–Kier alpha value is -0.708. The summed E-state index contributed by atoms with van der Waals surface area (Å²) in [5.74, 6) is 1.90. The van der Waals surface area contributed by atoms with Gasteiger partial charge in [0, 0.05) is 0 Å². The molecule has 5 heteroatoms. The van der Waals surface area contributed by atoms with E-state index in [9.17, 15) is 0 Å². The second-order valence-corrected chi connectivity index (χ2v) is 14.0. The van der Waals surface area contributed by atoms with E-state index in [1.54, 1.807) is 0 Å². The molecule has 2 rings (SSSR count). The Morgan fingerprint density at radius 1 is 0.714 bits per heavy atom. The zero-order valence-corrected chi connectivity index (χ0v) is 21.7. The molecule has 0 aromatic heterocycles. The van der Waals surface area contributed by atoms with Crippen LogP contribution >= 0.6 is 19.6 Å². The molecular weight excluding hydrogens is 427 g/mol. The molecule has 2 aromatic carbocycles. The van der Waals surface area contributed by atoms with Crippen molar-refractivity contribution in [3.63, 3.8) is 0 Å². The van der Waals surface area contributed by atoms with Crippen molar-refractivity contribution in [2.75, 3.05) is 6.66 Å². The molecule has 0 aliphatic rings. The Bertz CT molecular complexity index is 729. The summed E-state index contributed by atoms with van der Waals surface area (Å²) in [7, 11) is 0.646. The molecule has 157 valence electrons. The quantitative estimate of drug-likeness (QED) is 0.430. The van der Waals surface area contributed by atoms with Crippen LogP contribution in [0.2, 0.25) is 0 Å².